The van der Waals surface area contributed by atoms with Gasteiger partial charge in [-0.1, -0.05) is 24.3 Å². The molecular weight excluding hydrogens is 452 g/mol. The van der Waals surface area contributed by atoms with Crippen molar-refractivity contribution in [3.8, 4) is 11.5 Å². The number of benzene rings is 3. The first-order chi connectivity index (χ1) is 16.2. The molecule has 2 N–H and O–H groups in total. The van der Waals surface area contributed by atoms with Gasteiger partial charge in [0, 0.05) is 5.56 Å². The van der Waals surface area contributed by atoms with E-state index in [0.29, 0.717) is 36.0 Å². The number of carbonyl (C=O) groups is 1. The molecule has 0 bridgehead atoms. The van der Waals surface area contributed by atoms with E-state index in [9.17, 15) is 13.2 Å². The van der Waals surface area contributed by atoms with Crippen molar-refractivity contribution in [2.75, 3.05) is 17.9 Å². The molecule has 1 aliphatic heterocycles. The average molecular weight is 481 g/mol. The van der Waals surface area contributed by atoms with Crippen LogP contribution in [0.1, 0.15) is 45.6 Å². The predicted octanol–water partition coefficient (Wildman–Crippen LogP) is 4.67. The fourth-order valence-electron chi connectivity index (χ4n) is 3.78. The molecule has 1 aliphatic rings. The van der Waals surface area contributed by atoms with E-state index in [1.165, 1.54) is 6.07 Å². The van der Waals surface area contributed by atoms with E-state index in [4.69, 9.17) is 9.47 Å². The minimum absolute atomic E-state index is 0.0630. The van der Waals surface area contributed by atoms with E-state index >= 15 is 0 Å². The van der Waals surface area contributed by atoms with Gasteiger partial charge in [-0.3, -0.25) is 9.52 Å². The van der Waals surface area contributed by atoms with Gasteiger partial charge >= 0.3 is 0 Å². The second-order valence-electron chi connectivity index (χ2n) is 8.43. The highest BCUT2D eigenvalue weighted by Gasteiger charge is 2.22. The van der Waals surface area contributed by atoms with Gasteiger partial charge in [0.2, 0.25) is 0 Å². The zero-order chi connectivity index (χ0) is 24.5. The minimum Gasteiger partial charge on any atom is -0.486 e. The lowest BCUT2D eigenvalue weighted by Crippen LogP contribution is -2.27. The number of fused-ring (bicyclic) bond motifs is 1. The largest absolute Gasteiger partial charge is 0.486 e. The van der Waals surface area contributed by atoms with Gasteiger partial charge in [-0.05, 0) is 80.3 Å². The number of anilines is 1. The maximum Gasteiger partial charge on any atom is 0.262 e. The Morgan fingerprint density at radius 3 is 2.41 bits per heavy atom. The summed E-state index contributed by atoms with van der Waals surface area (Å²) < 4.78 is 40.2. The summed E-state index contributed by atoms with van der Waals surface area (Å²) in [5.41, 5.74) is 4.02. The molecule has 0 fully saturated rings. The van der Waals surface area contributed by atoms with E-state index in [2.05, 4.69) is 10.0 Å². The number of amides is 1. The summed E-state index contributed by atoms with van der Waals surface area (Å²) >= 11 is 0. The first-order valence-electron chi connectivity index (χ1n) is 11.1. The summed E-state index contributed by atoms with van der Waals surface area (Å²) in [5, 5.41) is 2.93. The van der Waals surface area contributed by atoms with Crippen LogP contribution in [0, 0.1) is 20.8 Å². The van der Waals surface area contributed by atoms with Gasteiger partial charge in [-0.25, -0.2) is 8.42 Å². The second kappa shape index (κ2) is 9.38. The van der Waals surface area contributed by atoms with Crippen molar-refractivity contribution in [1.82, 2.24) is 5.32 Å². The summed E-state index contributed by atoms with van der Waals surface area (Å²) in [7, 11) is -3.89. The van der Waals surface area contributed by atoms with Crippen molar-refractivity contribution in [1.29, 1.82) is 0 Å². The predicted molar refractivity (Wildman–Crippen MR) is 131 cm³/mol. The SMILES string of the molecule is Cc1ccc(C(=O)NC(C)c2ccc3c(c2)OCCO3)cc1S(=O)(=O)Nc1cccc(C)c1C. The van der Waals surface area contributed by atoms with Crippen LogP contribution < -0.4 is 19.5 Å². The van der Waals surface area contributed by atoms with Crippen LogP contribution in [-0.4, -0.2) is 27.5 Å². The Hall–Kier alpha value is -3.52. The normalized spacial score (nSPS) is 13.8. The number of hydrogen-bond acceptors (Lipinski definition) is 5. The summed E-state index contributed by atoms with van der Waals surface area (Å²) in [6.45, 7) is 8.34. The van der Waals surface area contributed by atoms with Crippen LogP contribution in [0.5, 0.6) is 11.5 Å². The first kappa shape index (κ1) is 23.6. The zero-order valence-corrected chi connectivity index (χ0v) is 20.5. The van der Waals surface area contributed by atoms with Crippen LogP contribution in [-0.2, 0) is 10.0 Å². The monoisotopic (exact) mass is 480 g/mol. The van der Waals surface area contributed by atoms with Gasteiger partial charge in [0.05, 0.1) is 16.6 Å². The Bertz CT molecular complexity index is 1350. The van der Waals surface area contributed by atoms with E-state index in [-0.39, 0.29) is 22.4 Å². The summed E-state index contributed by atoms with van der Waals surface area (Å²) in [6, 6.07) is 15.3. The van der Waals surface area contributed by atoms with Crippen LogP contribution >= 0.6 is 0 Å². The molecule has 4 rings (SSSR count). The molecule has 0 saturated heterocycles. The Morgan fingerprint density at radius 1 is 0.912 bits per heavy atom. The molecule has 0 aromatic heterocycles. The number of aryl methyl sites for hydroxylation is 2. The molecule has 0 radical (unpaired) electrons. The van der Waals surface area contributed by atoms with E-state index in [1.807, 2.05) is 45.0 Å². The Labute approximate surface area is 200 Å². The number of ether oxygens (including phenoxy) is 2. The van der Waals surface area contributed by atoms with E-state index in [0.717, 1.165) is 16.7 Å². The number of rotatable bonds is 6. The van der Waals surface area contributed by atoms with Crippen molar-refractivity contribution in [2.24, 2.45) is 0 Å². The number of sulfonamides is 1. The topological polar surface area (TPSA) is 93.7 Å². The lowest BCUT2D eigenvalue weighted by Gasteiger charge is -2.21. The van der Waals surface area contributed by atoms with E-state index < -0.39 is 10.0 Å². The first-order valence-corrected chi connectivity index (χ1v) is 12.5. The molecule has 8 heteroatoms. The van der Waals surface area contributed by atoms with Gasteiger partial charge in [-0.2, -0.15) is 0 Å². The van der Waals surface area contributed by atoms with Crippen molar-refractivity contribution in [3.63, 3.8) is 0 Å². The van der Waals surface area contributed by atoms with Crippen LogP contribution in [0.25, 0.3) is 0 Å². The van der Waals surface area contributed by atoms with Gasteiger partial charge in [-0.15, -0.1) is 0 Å². The molecule has 1 amide bonds. The smallest absolute Gasteiger partial charge is 0.262 e. The molecule has 34 heavy (non-hydrogen) atoms. The Kier molecular flexibility index (Phi) is 6.52. The van der Waals surface area contributed by atoms with E-state index in [1.54, 1.807) is 31.2 Å². The molecule has 1 atom stereocenters. The van der Waals surface area contributed by atoms with Crippen LogP contribution in [0.3, 0.4) is 0 Å². The van der Waals surface area contributed by atoms with Crippen molar-refractivity contribution in [2.45, 2.75) is 38.6 Å². The fraction of sp³-hybridized carbons (Fsp3) is 0.269. The molecule has 1 heterocycles. The van der Waals surface area contributed by atoms with Crippen molar-refractivity contribution < 1.29 is 22.7 Å². The summed E-state index contributed by atoms with van der Waals surface area (Å²) in [4.78, 5) is 13.0. The van der Waals surface area contributed by atoms with Crippen molar-refractivity contribution in [3.05, 3.63) is 82.4 Å². The second-order valence-corrected chi connectivity index (χ2v) is 10.1. The average Bonchev–Trinajstić information content (AvgIpc) is 2.81. The number of nitrogens with one attached hydrogen (secondary N) is 2. The van der Waals surface area contributed by atoms with Gasteiger partial charge in [0.15, 0.2) is 11.5 Å². The van der Waals surface area contributed by atoms with Crippen LogP contribution in [0.2, 0.25) is 0 Å². The third-order valence-electron chi connectivity index (χ3n) is 6.00. The lowest BCUT2D eigenvalue weighted by atomic mass is 10.1. The zero-order valence-electron chi connectivity index (χ0n) is 19.6. The summed E-state index contributed by atoms with van der Waals surface area (Å²) in [6.07, 6.45) is 0. The quantitative estimate of drug-likeness (QED) is 0.535. The molecule has 1 unspecified atom stereocenters. The van der Waals surface area contributed by atoms with Gasteiger partial charge < -0.3 is 14.8 Å². The highest BCUT2D eigenvalue weighted by Crippen LogP contribution is 2.32. The lowest BCUT2D eigenvalue weighted by molar-refractivity contribution is 0.0939. The Morgan fingerprint density at radius 2 is 1.65 bits per heavy atom. The third-order valence-corrected chi connectivity index (χ3v) is 7.51. The third kappa shape index (κ3) is 4.87. The fourth-order valence-corrected chi connectivity index (χ4v) is 5.18. The highest BCUT2D eigenvalue weighted by molar-refractivity contribution is 7.92. The minimum atomic E-state index is -3.89. The summed E-state index contributed by atoms with van der Waals surface area (Å²) in [5.74, 6) is 0.954. The Balaban J connectivity index is 1.55. The molecule has 3 aromatic carbocycles. The molecule has 0 aliphatic carbocycles. The van der Waals surface area contributed by atoms with Gasteiger partial charge in [0.25, 0.3) is 15.9 Å². The van der Waals surface area contributed by atoms with Crippen molar-refractivity contribution >= 4 is 21.6 Å². The van der Waals surface area contributed by atoms with Crippen LogP contribution in [0.15, 0.2) is 59.5 Å². The molecule has 178 valence electrons. The van der Waals surface area contributed by atoms with Crippen LogP contribution in [0.4, 0.5) is 5.69 Å². The maximum atomic E-state index is 13.2. The standard InChI is InChI=1S/C26H28N2O5S/c1-16-6-5-7-22(18(16)3)28-34(30,31)25-15-21(9-8-17(25)2)26(29)27-19(4)20-10-11-23-24(14-20)33-13-12-32-23/h5-11,14-15,19,28H,12-13H2,1-4H3,(H,27,29). The molecular formula is C26H28N2O5S. The highest BCUT2D eigenvalue weighted by atomic mass is 32.2. The van der Waals surface area contributed by atoms with Gasteiger partial charge in [0.1, 0.15) is 13.2 Å². The molecule has 3 aromatic rings. The number of hydrogen-bond donors (Lipinski definition) is 2. The maximum absolute atomic E-state index is 13.2. The number of carbonyl (C=O) groups excluding carboxylic acids is 1. The molecule has 0 saturated carbocycles. The molecule has 7 nitrogen and oxygen atoms in total. The molecule has 0 spiro atoms.